The van der Waals surface area contributed by atoms with Gasteiger partial charge in [0.15, 0.2) is 0 Å². The molecule has 0 aliphatic rings. The molecule has 0 radical (unpaired) electrons. The van der Waals surface area contributed by atoms with E-state index in [1.807, 2.05) is 36.4 Å². The van der Waals surface area contributed by atoms with Gasteiger partial charge in [0, 0.05) is 25.5 Å². The van der Waals surface area contributed by atoms with Crippen molar-refractivity contribution in [3.63, 3.8) is 0 Å². The third-order valence-electron chi connectivity index (χ3n) is 2.96. The summed E-state index contributed by atoms with van der Waals surface area (Å²) in [6, 6.07) is 11.2. The number of aliphatic hydroxyl groups is 1. The van der Waals surface area contributed by atoms with Gasteiger partial charge in [-0.3, -0.25) is 4.98 Å². The van der Waals surface area contributed by atoms with Crippen molar-refractivity contribution in [2.24, 2.45) is 0 Å². The molecule has 1 aromatic heterocycles. The number of pyridine rings is 1. The van der Waals surface area contributed by atoms with Crippen LogP contribution in [0.2, 0.25) is 0 Å². The van der Waals surface area contributed by atoms with Gasteiger partial charge in [0.1, 0.15) is 24.2 Å². The van der Waals surface area contributed by atoms with E-state index in [-0.39, 0.29) is 6.61 Å². The maximum atomic E-state index is 9.86. The molecular formula is C16H20N2O3. The first-order chi connectivity index (χ1) is 10.3. The average molecular weight is 288 g/mol. The number of methoxy groups -OCH3 is 1. The van der Waals surface area contributed by atoms with Gasteiger partial charge in [-0.25, -0.2) is 0 Å². The highest BCUT2D eigenvalue weighted by atomic mass is 16.5. The lowest BCUT2D eigenvalue weighted by Crippen LogP contribution is -2.31. The molecule has 0 bridgehead atoms. The summed E-state index contributed by atoms with van der Waals surface area (Å²) in [5.41, 5.74) is 1.13. The zero-order valence-corrected chi connectivity index (χ0v) is 12.0. The van der Waals surface area contributed by atoms with E-state index in [1.54, 1.807) is 19.5 Å². The number of nitrogens with one attached hydrogen (secondary N) is 1. The average Bonchev–Trinajstić information content (AvgIpc) is 2.54. The summed E-state index contributed by atoms with van der Waals surface area (Å²) in [7, 11) is 1.62. The summed E-state index contributed by atoms with van der Waals surface area (Å²) in [5.74, 6) is 1.49. The first-order valence-electron chi connectivity index (χ1n) is 6.82. The van der Waals surface area contributed by atoms with Crippen LogP contribution < -0.4 is 14.8 Å². The van der Waals surface area contributed by atoms with Gasteiger partial charge in [-0.05, 0) is 42.0 Å². The lowest BCUT2D eigenvalue weighted by Gasteiger charge is -2.13. The number of ether oxygens (including phenoxy) is 2. The Hall–Kier alpha value is -2.11. The van der Waals surface area contributed by atoms with Gasteiger partial charge in [-0.15, -0.1) is 0 Å². The second-order valence-corrected chi connectivity index (χ2v) is 4.63. The van der Waals surface area contributed by atoms with E-state index >= 15 is 0 Å². The molecule has 0 spiro atoms. The maximum absolute atomic E-state index is 9.86. The largest absolute Gasteiger partial charge is 0.497 e. The molecule has 1 heterocycles. The van der Waals surface area contributed by atoms with E-state index < -0.39 is 6.10 Å². The highest BCUT2D eigenvalue weighted by Gasteiger charge is 2.05. The third kappa shape index (κ3) is 5.41. The summed E-state index contributed by atoms with van der Waals surface area (Å²) in [6.07, 6.45) is 2.94. The van der Waals surface area contributed by atoms with Crippen LogP contribution in [0.15, 0.2) is 48.8 Å². The van der Waals surface area contributed by atoms with Crippen LogP contribution >= 0.6 is 0 Å². The summed E-state index contributed by atoms with van der Waals surface area (Å²) < 4.78 is 10.6. The Morgan fingerprint density at radius 3 is 2.43 bits per heavy atom. The fourth-order valence-electron chi connectivity index (χ4n) is 1.81. The van der Waals surface area contributed by atoms with Crippen molar-refractivity contribution >= 4 is 0 Å². The number of benzene rings is 1. The minimum Gasteiger partial charge on any atom is -0.497 e. The fraction of sp³-hybridized carbons (Fsp3) is 0.312. The van der Waals surface area contributed by atoms with E-state index in [1.165, 1.54) is 0 Å². The van der Waals surface area contributed by atoms with Crippen LogP contribution in [0.1, 0.15) is 5.56 Å². The van der Waals surface area contributed by atoms with Crippen LogP contribution in [0.4, 0.5) is 0 Å². The van der Waals surface area contributed by atoms with Crippen molar-refractivity contribution < 1.29 is 14.6 Å². The number of aromatic nitrogens is 1. The predicted octanol–water partition coefficient (Wildman–Crippen LogP) is 1.62. The van der Waals surface area contributed by atoms with Gasteiger partial charge in [-0.2, -0.15) is 0 Å². The minimum absolute atomic E-state index is 0.246. The van der Waals surface area contributed by atoms with Gasteiger partial charge >= 0.3 is 0 Å². The SMILES string of the molecule is COc1ccc(OCC(O)CNCc2ccncc2)cc1. The van der Waals surface area contributed by atoms with Crippen molar-refractivity contribution in [1.82, 2.24) is 10.3 Å². The Labute approximate surface area is 124 Å². The Morgan fingerprint density at radius 1 is 1.10 bits per heavy atom. The molecule has 2 N–H and O–H groups in total. The molecule has 0 amide bonds. The monoisotopic (exact) mass is 288 g/mol. The van der Waals surface area contributed by atoms with Crippen molar-refractivity contribution in [2.75, 3.05) is 20.3 Å². The zero-order chi connectivity index (χ0) is 14.9. The molecule has 21 heavy (non-hydrogen) atoms. The number of aliphatic hydroxyl groups excluding tert-OH is 1. The van der Waals surface area contributed by atoms with Crippen LogP contribution in [-0.2, 0) is 6.54 Å². The molecule has 1 unspecified atom stereocenters. The van der Waals surface area contributed by atoms with E-state index in [9.17, 15) is 5.11 Å². The van der Waals surface area contributed by atoms with Crippen molar-refractivity contribution in [2.45, 2.75) is 12.6 Å². The lowest BCUT2D eigenvalue weighted by atomic mass is 10.2. The maximum Gasteiger partial charge on any atom is 0.119 e. The van der Waals surface area contributed by atoms with E-state index in [0.717, 1.165) is 11.3 Å². The Kier molecular flexibility index (Phi) is 5.99. The summed E-state index contributed by atoms with van der Waals surface area (Å²) in [5, 5.41) is 13.0. The second-order valence-electron chi connectivity index (χ2n) is 4.63. The van der Waals surface area contributed by atoms with Gasteiger partial charge in [0.05, 0.1) is 7.11 Å². The summed E-state index contributed by atoms with van der Waals surface area (Å²) in [4.78, 5) is 3.96. The van der Waals surface area contributed by atoms with Crippen molar-refractivity contribution in [3.05, 3.63) is 54.4 Å². The molecule has 1 aromatic carbocycles. The topological polar surface area (TPSA) is 63.6 Å². The summed E-state index contributed by atoms with van der Waals surface area (Å²) in [6.45, 7) is 1.41. The molecule has 112 valence electrons. The van der Waals surface area contributed by atoms with Crippen LogP contribution in [0, 0.1) is 0 Å². The number of hydrogen-bond acceptors (Lipinski definition) is 5. The van der Waals surface area contributed by atoms with Crippen LogP contribution in [0.3, 0.4) is 0 Å². The van der Waals surface area contributed by atoms with Gasteiger partial charge < -0.3 is 19.9 Å². The molecule has 1 atom stereocenters. The smallest absolute Gasteiger partial charge is 0.119 e. The third-order valence-corrected chi connectivity index (χ3v) is 2.96. The molecule has 5 heteroatoms. The van der Waals surface area contributed by atoms with Crippen LogP contribution in [0.5, 0.6) is 11.5 Å². The van der Waals surface area contributed by atoms with Crippen molar-refractivity contribution in [1.29, 1.82) is 0 Å². The molecular weight excluding hydrogens is 268 g/mol. The lowest BCUT2D eigenvalue weighted by molar-refractivity contribution is 0.106. The van der Waals surface area contributed by atoms with Gasteiger partial charge in [0.2, 0.25) is 0 Å². The number of rotatable bonds is 8. The second kappa shape index (κ2) is 8.24. The first kappa shape index (κ1) is 15.3. The fourth-order valence-corrected chi connectivity index (χ4v) is 1.81. The highest BCUT2D eigenvalue weighted by molar-refractivity contribution is 5.31. The van der Waals surface area contributed by atoms with Crippen molar-refractivity contribution in [3.8, 4) is 11.5 Å². The van der Waals surface area contributed by atoms with E-state index in [2.05, 4.69) is 10.3 Å². The predicted molar refractivity (Wildman–Crippen MR) is 80.4 cm³/mol. The standard InChI is InChI=1S/C16H20N2O3/c1-20-15-2-4-16(5-3-15)21-12-14(19)11-18-10-13-6-8-17-9-7-13/h2-9,14,18-19H,10-12H2,1H3. The molecule has 0 saturated heterocycles. The Bertz CT molecular complexity index is 517. The van der Waals surface area contributed by atoms with Crippen LogP contribution in [0.25, 0.3) is 0 Å². The van der Waals surface area contributed by atoms with Gasteiger partial charge in [-0.1, -0.05) is 0 Å². The molecule has 2 aromatic rings. The first-order valence-corrected chi connectivity index (χ1v) is 6.82. The molecule has 0 aliphatic carbocycles. The molecule has 0 saturated carbocycles. The number of nitrogens with zero attached hydrogens (tertiary/aromatic N) is 1. The quantitative estimate of drug-likeness (QED) is 0.773. The molecule has 2 rings (SSSR count). The molecule has 5 nitrogen and oxygen atoms in total. The number of hydrogen-bond donors (Lipinski definition) is 2. The normalized spacial score (nSPS) is 11.9. The summed E-state index contributed by atoms with van der Waals surface area (Å²) >= 11 is 0. The highest BCUT2D eigenvalue weighted by Crippen LogP contribution is 2.16. The van der Waals surface area contributed by atoms with Gasteiger partial charge in [0.25, 0.3) is 0 Å². The van der Waals surface area contributed by atoms with E-state index in [0.29, 0.717) is 18.8 Å². The zero-order valence-electron chi connectivity index (χ0n) is 12.0. The van der Waals surface area contributed by atoms with Crippen LogP contribution in [-0.4, -0.2) is 36.5 Å². The molecule has 0 fully saturated rings. The Morgan fingerprint density at radius 2 is 1.76 bits per heavy atom. The molecule has 0 aliphatic heterocycles. The van der Waals surface area contributed by atoms with E-state index in [4.69, 9.17) is 9.47 Å². The minimum atomic E-state index is -0.561. The Balaban J connectivity index is 1.66.